The van der Waals surface area contributed by atoms with Gasteiger partial charge in [-0.2, -0.15) is 0 Å². The Morgan fingerprint density at radius 3 is 2.19 bits per heavy atom. The summed E-state index contributed by atoms with van der Waals surface area (Å²) in [6.07, 6.45) is 4.19. The Morgan fingerprint density at radius 2 is 1.75 bits per heavy atom. The Kier molecular flexibility index (Phi) is 4.36. The molecule has 0 aromatic rings. The zero-order chi connectivity index (χ0) is 12.3. The zero-order valence-corrected chi connectivity index (χ0v) is 11.0. The average molecular weight is 227 g/mol. The van der Waals surface area contributed by atoms with Gasteiger partial charge in [-0.05, 0) is 52.4 Å². The molecule has 3 heteroatoms. The van der Waals surface area contributed by atoms with Crippen LogP contribution >= 0.6 is 0 Å². The van der Waals surface area contributed by atoms with E-state index in [4.69, 9.17) is 10.5 Å². The quantitative estimate of drug-likeness (QED) is 0.737. The van der Waals surface area contributed by atoms with Gasteiger partial charge in [0.05, 0.1) is 5.92 Å². The highest BCUT2D eigenvalue weighted by atomic mass is 16.6. The van der Waals surface area contributed by atoms with Gasteiger partial charge in [0.2, 0.25) is 0 Å². The number of rotatable bonds is 2. The highest BCUT2D eigenvalue weighted by molar-refractivity contribution is 5.72. The maximum atomic E-state index is 11.9. The van der Waals surface area contributed by atoms with E-state index in [-0.39, 0.29) is 17.5 Å². The lowest BCUT2D eigenvalue weighted by Gasteiger charge is -2.31. The average Bonchev–Trinajstić information content (AvgIpc) is 2.15. The number of esters is 1. The normalized spacial score (nSPS) is 28.6. The number of ether oxygens (including phenoxy) is 1. The SMILES string of the molecule is CC(C(=O)OC(C)(C)C)C1CCC(N)CC1. The zero-order valence-electron chi connectivity index (χ0n) is 11.0. The molecule has 3 nitrogen and oxygen atoms in total. The minimum atomic E-state index is -0.379. The van der Waals surface area contributed by atoms with E-state index in [1.165, 1.54) is 0 Å². The van der Waals surface area contributed by atoms with E-state index in [1.807, 2.05) is 27.7 Å². The minimum absolute atomic E-state index is 0.00623. The lowest BCUT2D eigenvalue weighted by Crippen LogP contribution is -2.34. The van der Waals surface area contributed by atoms with Crippen LogP contribution in [0.25, 0.3) is 0 Å². The van der Waals surface area contributed by atoms with Gasteiger partial charge in [-0.1, -0.05) is 6.92 Å². The second kappa shape index (κ2) is 5.17. The number of carbonyl (C=O) groups is 1. The summed E-state index contributed by atoms with van der Waals surface area (Å²) in [5.41, 5.74) is 5.48. The summed E-state index contributed by atoms with van der Waals surface area (Å²) >= 11 is 0. The molecule has 94 valence electrons. The molecule has 0 radical (unpaired) electrons. The standard InChI is InChI=1S/C13H25NO2/c1-9(12(15)16-13(2,3)4)10-5-7-11(14)8-6-10/h9-11H,5-8,14H2,1-4H3. The van der Waals surface area contributed by atoms with Crippen molar-refractivity contribution in [3.63, 3.8) is 0 Å². The van der Waals surface area contributed by atoms with Gasteiger partial charge >= 0.3 is 5.97 Å². The monoisotopic (exact) mass is 227 g/mol. The van der Waals surface area contributed by atoms with Gasteiger partial charge in [0.15, 0.2) is 0 Å². The van der Waals surface area contributed by atoms with Gasteiger partial charge < -0.3 is 10.5 Å². The van der Waals surface area contributed by atoms with Crippen LogP contribution in [-0.4, -0.2) is 17.6 Å². The Hall–Kier alpha value is -0.570. The third kappa shape index (κ3) is 4.12. The summed E-state index contributed by atoms with van der Waals surface area (Å²) in [5.74, 6) is 0.398. The summed E-state index contributed by atoms with van der Waals surface area (Å²) in [5, 5.41) is 0. The van der Waals surface area contributed by atoms with E-state index in [1.54, 1.807) is 0 Å². The molecule has 0 spiro atoms. The second-order valence-electron chi connectivity index (χ2n) is 6.00. The molecule has 1 rings (SSSR count). The van der Waals surface area contributed by atoms with Crippen LogP contribution in [0.3, 0.4) is 0 Å². The first-order valence-electron chi connectivity index (χ1n) is 6.28. The van der Waals surface area contributed by atoms with Gasteiger partial charge in [0, 0.05) is 6.04 Å². The molecule has 0 amide bonds. The molecular formula is C13H25NO2. The predicted octanol–water partition coefficient (Wildman–Crippen LogP) is 2.48. The summed E-state index contributed by atoms with van der Waals surface area (Å²) < 4.78 is 5.41. The van der Waals surface area contributed by atoms with Crippen molar-refractivity contribution in [3.05, 3.63) is 0 Å². The predicted molar refractivity (Wildman–Crippen MR) is 64.9 cm³/mol. The van der Waals surface area contributed by atoms with Crippen LogP contribution in [0.1, 0.15) is 53.4 Å². The molecule has 2 N–H and O–H groups in total. The second-order valence-corrected chi connectivity index (χ2v) is 6.00. The molecule has 0 aromatic heterocycles. The lowest BCUT2D eigenvalue weighted by atomic mass is 9.79. The Balaban J connectivity index is 2.45. The summed E-state index contributed by atoms with van der Waals surface area (Å²) in [6.45, 7) is 7.72. The molecule has 0 saturated heterocycles. The number of nitrogens with two attached hydrogens (primary N) is 1. The van der Waals surface area contributed by atoms with E-state index in [0.717, 1.165) is 25.7 Å². The topological polar surface area (TPSA) is 52.3 Å². The van der Waals surface area contributed by atoms with Crippen molar-refractivity contribution in [2.45, 2.75) is 65.0 Å². The van der Waals surface area contributed by atoms with Crippen molar-refractivity contribution >= 4 is 5.97 Å². The van der Waals surface area contributed by atoms with Crippen molar-refractivity contribution in [2.75, 3.05) is 0 Å². The Bertz CT molecular complexity index is 237. The van der Waals surface area contributed by atoms with Crippen LogP contribution in [0, 0.1) is 11.8 Å². The van der Waals surface area contributed by atoms with Crippen molar-refractivity contribution in [3.8, 4) is 0 Å². The minimum Gasteiger partial charge on any atom is -0.460 e. The van der Waals surface area contributed by atoms with Crippen molar-refractivity contribution < 1.29 is 9.53 Å². The third-order valence-corrected chi connectivity index (χ3v) is 3.30. The largest absolute Gasteiger partial charge is 0.460 e. The first kappa shape index (κ1) is 13.5. The summed E-state index contributed by atoms with van der Waals surface area (Å²) in [7, 11) is 0. The summed E-state index contributed by atoms with van der Waals surface area (Å²) in [4.78, 5) is 11.9. The van der Waals surface area contributed by atoms with Gasteiger partial charge in [-0.3, -0.25) is 4.79 Å². The molecule has 1 fully saturated rings. The molecule has 0 aromatic carbocycles. The first-order chi connectivity index (χ1) is 7.29. The Labute approximate surface area is 98.7 Å². The van der Waals surface area contributed by atoms with Crippen LogP contribution in [0.15, 0.2) is 0 Å². The van der Waals surface area contributed by atoms with Gasteiger partial charge in [0.25, 0.3) is 0 Å². The Morgan fingerprint density at radius 1 is 1.25 bits per heavy atom. The molecule has 0 heterocycles. The number of carbonyl (C=O) groups excluding carboxylic acids is 1. The van der Waals surface area contributed by atoms with Crippen LogP contribution in [0.5, 0.6) is 0 Å². The number of hydrogen-bond donors (Lipinski definition) is 1. The number of hydrogen-bond acceptors (Lipinski definition) is 3. The molecule has 1 aliphatic rings. The fourth-order valence-corrected chi connectivity index (χ4v) is 2.23. The molecule has 0 aliphatic heterocycles. The van der Waals surface area contributed by atoms with Crippen molar-refractivity contribution in [1.82, 2.24) is 0 Å². The van der Waals surface area contributed by atoms with Crippen LogP contribution in [0.2, 0.25) is 0 Å². The molecule has 0 bridgehead atoms. The van der Waals surface area contributed by atoms with E-state index >= 15 is 0 Å². The van der Waals surface area contributed by atoms with E-state index in [2.05, 4.69) is 0 Å². The van der Waals surface area contributed by atoms with Crippen molar-refractivity contribution in [2.24, 2.45) is 17.6 Å². The van der Waals surface area contributed by atoms with Gasteiger partial charge in [-0.25, -0.2) is 0 Å². The van der Waals surface area contributed by atoms with Crippen LogP contribution < -0.4 is 5.73 Å². The van der Waals surface area contributed by atoms with Gasteiger partial charge in [0.1, 0.15) is 5.60 Å². The fourth-order valence-electron chi connectivity index (χ4n) is 2.23. The maximum absolute atomic E-state index is 11.9. The lowest BCUT2D eigenvalue weighted by molar-refractivity contribution is -0.161. The smallest absolute Gasteiger partial charge is 0.309 e. The molecule has 1 unspecified atom stereocenters. The van der Waals surface area contributed by atoms with Crippen LogP contribution in [-0.2, 0) is 9.53 Å². The highest BCUT2D eigenvalue weighted by Gasteiger charge is 2.30. The molecular weight excluding hydrogens is 202 g/mol. The maximum Gasteiger partial charge on any atom is 0.309 e. The summed E-state index contributed by atoms with van der Waals surface area (Å²) in [6, 6.07) is 0.335. The van der Waals surface area contributed by atoms with E-state index < -0.39 is 0 Å². The highest BCUT2D eigenvalue weighted by Crippen LogP contribution is 2.30. The molecule has 1 atom stereocenters. The first-order valence-corrected chi connectivity index (χ1v) is 6.28. The van der Waals surface area contributed by atoms with Crippen molar-refractivity contribution in [1.29, 1.82) is 0 Å². The van der Waals surface area contributed by atoms with Gasteiger partial charge in [-0.15, -0.1) is 0 Å². The third-order valence-electron chi connectivity index (χ3n) is 3.30. The molecule has 1 saturated carbocycles. The van der Waals surface area contributed by atoms with E-state index in [0.29, 0.717) is 12.0 Å². The molecule has 1 aliphatic carbocycles. The fraction of sp³-hybridized carbons (Fsp3) is 0.923. The van der Waals surface area contributed by atoms with Crippen LogP contribution in [0.4, 0.5) is 0 Å². The molecule has 16 heavy (non-hydrogen) atoms. The van der Waals surface area contributed by atoms with E-state index in [9.17, 15) is 4.79 Å².